The smallest absolute Gasteiger partial charge is 0.263 e. The number of carbonyl (C=O) groups is 1. The van der Waals surface area contributed by atoms with E-state index in [9.17, 15) is 4.79 Å². The quantitative estimate of drug-likeness (QED) is 0.712. The van der Waals surface area contributed by atoms with Gasteiger partial charge in [0.2, 0.25) is 0 Å². The molecular formula is C18H24Cl3N3OS. The average molecular weight is 437 g/mol. The lowest BCUT2D eigenvalue weighted by Crippen LogP contribution is -2.33. The second-order valence-electron chi connectivity index (χ2n) is 6.20. The van der Waals surface area contributed by atoms with Crippen LogP contribution < -0.4 is 10.6 Å². The molecule has 144 valence electrons. The molecule has 0 radical (unpaired) electrons. The zero-order valence-electron chi connectivity index (χ0n) is 14.6. The first-order valence-electron chi connectivity index (χ1n) is 8.36. The van der Waals surface area contributed by atoms with E-state index in [1.807, 2.05) is 31.2 Å². The van der Waals surface area contributed by atoms with E-state index in [1.165, 1.54) is 24.2 Å². The van der Waals surface area contributed by atoms with Crippen LogP contribution in [-0.4, -0.2) is 30.5 Å². The maximum atomic E-state index is 12.4. The molecule has 1 fully saturated rings. The maximum Gasteiger partial charge on any atom is 0.263 e. The Hall–Kier alpha value is -0.850. The first kappa shape index (κ1) is 23.2. The molecule has 1 saturated heterocycles. The van der Waals surface area contributed by atoms with Crippen molar-refractivity contribution in [3.8, 4) is 10.6 Å². The lowest BCUT2D eigenvalue weighted by Gasteiger charge is -2.22. The summed E-state index contributed by atoms with van der Waals surface area (Å²) in [7, 11) is 0. The molecule has 1 unspecified atom stereocenters. The normalized spacial score (nSPS) is 16.3. The number of nitrogens with one attached hydrogen (secondary N) is 2. The zero-order valence-corrected chi connectivity index (χ0v) is 17.8. The number of amides is 1. The summed E-state index contributed by atoms with van der Waals surface area (Å²) in [5.74, 6) is 0.653. The van der Waals surface area contributed by atoms with Gasteiger partial charge in [0, 0.05) is 17.1 Å². The highest BCUT2D eigenvalue weighted by molar-refractivity contribution is 7.17. The van der Waals surface area contributed by atoms with Gasteiger partial charge in [0.1, 0.15) is 9.88 Å². The van der Waals surface area contributed by atoms with E-state index in [2.05, 4.69) is 15.6 Å². The van der Waals surface area contributed by atoms with Gasteiger partial charge in [0.25, 0.3) is 5.91 Å². The lowest BCUT2D eigenvalue weighted by molar-refractivity contribution is 0.0954. The molecule has 26 heavy (non-hydrogen) atoms. The van der Waals surface area contributed by atoms with Gasteiger partial charge in [0.05, 0.1) is 5.69 Å². The van der Waals surface area contributed by atoms with Gasteiger partial charge in [-0.05, 0) is 57.3 Å². The van der Waals surface area contributed by atoms with E-state index in [4.69, 9.17) is 11.6 Å². The summed E-state index contributed by atoms with van der Waals surface area (Å²) in [4.78, 5) is 17.7. The fourth-order valence-electron chi connectivity index (χ4n) is 2.96. The predicted molar refractivity (Wildman–Crippen MR) is 114 cm³/mol. The molecule has 0 saturated carbocycles. The molecule has 3 rings (SSSR count). The first-order valence-corrected chi connectivity index (χ1v) is 9.55. The average Bonchev–Trinajstić information content (AvgIpc) is 2.98. The van der Waals surface area contributed by atoms with Crippen LogP contribution in [0.1, 0.15) is 34.6 Å². The summed E-state index contributed by atoms with van der Waals surface area (Å²) >= 11 is 7.36. The fourth-order valence-corrected chi connectivity index (χ4v) is 4.08. The van der Waals surface area contributed by atoms with Crippen molar-refractivity contribution >= 4 is 53.7 Å². The van der Waals surface area contributed by atoms with Gasteiger partial charge in [-0.25, -0.2) is 4.98 Å². The molecule has 4 nitrogen and oxygen atoms in total. The van der Waals surface area contributed by atoms with Gasteiger partial charge in [0.15, 0.2) is 0 Å². The highest BCUT2D eigenvalue weighted by Gasteiger charge is 2.17. The van der Waals surface area contributed by atoms with Crippen LogP contribution in [0.5, 0.6) is 0 Å². The first-order chi connectivity index (χ1) is 11.6. The minimum atomic E-state index is -0.0195. The molecule has 1 amide bonds. The third-order valence-electron chi connectivity index (χ3n) is 4.33. The summed E-state index contributed by atoms with van der Waals surface area (Å²) < 4.78 is 0. The Morgan fingerprint density at radius 1 is 1.35 bits per heavy atom. The fraction of sp³-hybridized carbons (Fsp3) is 0.444. The van der Waals surface area contributed by atoms with E-state index in [1.54, 1.807) is 0 Å². The van der Waals surface area contributed by atoms with Crippen molar-refractivity contribution in [2.75, 3.05) is 19.6 Å². The van der Waals surface area contributed by atoms with E-state index < -0.39 is 0 Å². The highest BCUT2D eigenvalue weighted by atomic mass is 35.5. The van der Waals surface area contributed by atoms with Crippen molar-refractivity contribution in [3.63, 3.8) is 0 Å². The minimum Gasteiger partial charge on any atom is -0.351 e. The molecule has 1 aromatic carbocycles. The largest absolute Gasteiger partial charge is 0.351 e. The number of halogens is 3. The van der Waals surface area contributed by atoms with Crippen molar-refractivity contribution in [2.24, 2.45) is 5.92 Å². The summed E-state index contributed by atoms with van der Waals surface area (Å²) in [6, 6.07) is 7.54. The van der Waals surface area contributed by atoms with E-state index >= 15 is 0 Å². The van der Waals surface area contributed by atoms with Gasteiger partial charge >= 0.3 is 0 Å². The molecular weight excluding hydrogens is 413 g/mol. The predicted octanol–water partition coefficient (Wildman–Crippen LogP) is 4.74. The second-order valence-corrected chi connectivity index (χ2v) is 7.63. The Kier molecular flexibility index (Phi) is 9.90. The summed E-state index contributed by atoms with van der Waals surface area (Å²) in [5, 5.41) is 8.00. The number of aryl methyl sites for hydroxylation is 1. The van der Waals surface area contributed by atoms with Gasteiger partial charge in [-0.15, -0.1) is 36.2 Å². The molecule has 8 heteroatoms. The molecule has 2 N–H and O–H groups in total. The van der Waals surface area contributed by atoms with Crippen LogP contribution in [0.2, 0.25) is 5.02 Å². The number of hydrogen-bond acceptors (Lipinski definition) is 4. The number of piperidine rings is 1. The highest BCUT2D eigenvalue weighted by Crippen LogP contribution is 2.28. The summed E-state index contributed by atoms with van der Waals surface area (Å²) in [5.41, 5.74) is 1.77. The number of thiazole rings is 1. The maximum absolute atomic E-state index is 12.4. The Labute approximate surface area is 175 Å². The van der Waals surface area contributed by atoms with E-state index in [0.29, 0.717) is 15.8 Å². The van der Waals surface area contributed by atoms with Gasteiger partial charge in [-0.3, -0.25) is 4.79 Å². The number of nitrogens with zero attached hydrogens (tertiary/aromatic N) is 1. The molecule has 0 spiro atoms. The third kappa shape index (κ3) is 6.10. The van der Waals surface area contributed by atoms with Crippen LogP contribution in [0.25, 0.3) is 10.6 Å². The number of benzene rings is 1. The Balaban J connectivity index is 0.00000169. The Morgan fingerprint density at radius 3 is 2.73 bits per heavy atom. The monoisotopic (exact) mass is 435 g/mol. The standard InChI is InChI=1S/C18H22ClN3OS.2ClH/c1-12-16(17(23)21-10-8-13-3-2-9-20-11-13)24-18(22-12)14-4-6-15(19)7-5-14;;/h4-7,13,20H,2-3,8-11H2,1H3,(H,21,23);2*1H. The van der Waals surface area contributed by atoms with E-state index in [-0.39, 0.29) is 30.7 Å². The van der Waals surface area contributed by atoms with Crippen LogP contribution in [0, 0.1) is 12.8 Å². The molecule has 1 aliphatic rings. The molecule has 1 aromatic heterocycles. The van der Waals surface area contributed by atoms with E-state index in [0.717, 1.165) is 42.3 Å². The van der Waals surface area contributed by atoms with Crippen LogP contribution in [0.3, 0.4) is 0 Å². The third-order valence-corrected chi connectivity index (χ3v) is 5.79. The molecule has 0 aliphatic carbocycles. The van der Waals surface area contributed by atoms with Crippen LogP contribution in [-0.2, 0) is 0 Å². The number of hydrogen-bond donors (Lipinski definition) is 2. The van der Waals surface area contributed by atoms with Crippen LogP contribution in [0.4, 0.5) is 0 Å². The molecule has 2 aromatic rings. The Bertz CT molecular complexity index is 700. The summed E-state index contributed by atoms with van der Waals surface area (Å²) in [6.45, 7) is 4.79. The number of carbonyl (C=O) groups excluding carboxylic acids is 1. The molecule has 1 atom stereocenters. The molecule has 2 heterocycles. The van der Waals surface area contributed by atoms with Gasteiger partial charge in [-0.1, -0.05) is 23.7 Å². The van der Waals surface area contributed by atoms with Crippen molar-refractivity contribution in [2.45, 2.75) is 26.2 Å². The minimum absolute atomic E-state index is 0. The van der Waals surface area contributed by atoms with Gasteiger partial charge in [-0.2, -0.15) is 0 Å². The molecule has 0 bridgehead atoms. The second kappa shape index (κ2) is 11.1. The van der Waals surface area contributed by atoms with Crippen LogP contribution >= 0.6 is 47.8 Å². The number of rotatable bonds is 5. The lowest BCUT2D eigenvalue weighted by atomic mass is 9.96. The SMILES string of the molecule is Cc1nc(-c2ccc(Cl)cc2)sc1C(=O)NCCC1CCCNC1.Cl.Cl. The summed E-state index contributed by atoms with van der Waals surface area (Å²) in [6.07, 6.45) is 3.51. The number of aromatic nitrogens is 1. The van der Waals surface area contributed by atoms with Crippen LogP contribution in [0.15, 0.2) is 24.3 Å². The van der Waals surface area contributed by atoms with Crippen molar-refractivity contribution in [1.29, 1.82) is 0 Å². The topological polar surface area (TPSA) is 54.0 Å². The Morgan fingerprint density at radius 2 is 2.08 bits per heavy atom. The van der Waals surface area contributed by atoms with Gasteiger partial charge < -0.3 is 10.6 Å². The zero-order chi connectivity index (χ0) is 16.9. The van der Waals surface area contributed by atoms with Crippen molar-refractivity contribution in [1.82, 2.24) is 15.6 Å². The van der Waals surface area contributed by atoms with Crippen molar-refractivity contribution in [3.05, 3.63) is 39.9 Å². The molecule has 1 aliphatic heterocycles. The van der Waals surface area contributed by atoms with Crippen molar-refractivity contribution < 1.29 is 4.79 Å².